The summed E-state index contributed by atoms with van der Waals surface area (Å²) in [4.78, 5) is 7.23. The predicted octanol–water partition coefficient (Wildman–Crippen LogP) is 6.08. The molecule has 0 saturated heterocycles. The first kappa shape index (κ1) is 20.0. The number of nitrogens with zero attached hydrogens (tertiary/aromatic N) is 4. The van der Waals surface area contributed by atoms with Gasteiger partial charge in [0.1, 0.15) is 20.5 Å². The summed E-state index contributed by atoms with van der Waals surface area (Å²) in [7, 11) is 1.73. The van der Waals surface area contributed by atoms with E-state index in [1.54, 1.807) is 0 Å². The van der Waals surface area contributed by atoms with Gasteiger partial charge in [-0.15, -0.1) is 0 Å². The standard InChI is InChI=1S/C13H15BrN2O.C12H13BrN2O.CH3I/c1-16-11-5-3-8(17-2)7-10(11)9-4-6-12(14)15-13(9)16;1-15-10-4-2-7(16)6-9(10)8-3-5-11(13)14-12(8)15;1-2/h4,6,8H,3,5,7H2,1-2H3;3,5,7,16H,2,4,6H2,1H3;1H3/i2D3;;1D3. The summed E-state index contributed by atoms with van der Waals surface area (Å²) in [6.07, 6.45) is 4.31. The Labute approximate surface area is 245 Å². The second kappa shape index (κ2) is 11.6. The molecule has 2 aliphatic rings. The lowest BCUT2D eigenvalue weighted by molar-refractivity contribution is 0.0908. The second-order valence-electron chi connectivity index (χ2n) is 8.86. The lowest BCUT2D eigenvalue weighted by Crippen LogP contribution is -2.21. The molecule has 4 aromatic heterocycles. The Kier molecular flexibility index (Phi) is 6.62. The Hall–Kier alpha value is -1.01. The van der Waals surface area contributed by atoms with Crippen LogP contribution in [0.2, 0.25) is 0 Å². The van der Waals surface area contributed by atoms with Gasteiger partial charge in [-0.1, -0.05) is 22.6 Å². The minimum atomic E-state index is -2.33. The van der Waals surface area contributed by atoms with Gasteiger partial charge in [-0.2, -0.15) is 0 Å². The molecular weight excluding hydrogens is 687 g/mol. The Morgan fingerprint density at radius 3 is 2.00 bits per heavy atom. The van der Waals surface area contributed by atoms with E-state index in [4.69, 9.17) is 13.0 Å². The SMILES string of the molecule is Cn1c2c(c3ccc(Br)nc31)CC(O)CC2.[2H]C([2H])([2H])I.[2H]C([2H])([2H])OC1CCc2c(c3ccc(Br)nc3n2C)C1. The lowest BCUT2D eigenvalue weighted by atomic mass is 9.93. The van der Waals surface area contributed by atoms with Crippen molar-refractivity contribution in [3.63, 3.8) is 0 Å². The van der Waals surface area contributed by atoms with E-state index >= 15 is 0 Å². The number of aromatic nitrogens is 4. The van der Waals surface area contributed by atoms with Gasteiger partial charge in [0.25, 0.3) is 0 Å². The third-order valence-electron chi connectivity index (χ3n) is 6.93. The minimum absolute atomic E-state index is 0.193. The highest BCUT2D eigenvalue weighted by Gasteiger charge is 2.25. The molecule has 0 saturated carbocycles. The number of hydrogen-bond acceptors (Lipinski definition) is 4. The number of aryl methyl sites for hydroxylation is 2. The van der Waals surface area contributed by atoms with Gasteiger partial charge >= 0.3 is 0 Å². The van der Waals surface area contributed by atoms with Crippen molar-refractivity contribution in [2.75, 3.05) is 11.9 Å². The molecule has 4 aromatic rings. The maximum Gasteiger partial charge on any atom is 0.141 e. The fourth-order valence-electron chi connectivity index (χ4n) is 5.27. The van der Waals surface area contributed by atoms with Crippen molar-refractivity contribution < 1.29 is 18.1 Å². The van der Waals surface area contributed by atoms with Crippen LogP contribution in [-0.4, -0.2) is 48.3 Å². The van der Waals surface area contributed by atoms with Gasteiger partial charge in [0, 0.05) is 60.2 Å². The average molecular weight is 724 g/mol. The summed E-state index contributed by atoms with van der Waals surface area (Å²) >= 11 is 8.16. The molecule has 2 atom stereocenters. The molecule has 0 amide bonds. The summed E-state index contributed by atoms with van der Waals surface area (Å²) in [6.45, 7) is 0. The molecule has 0 aromatic carbocycles. The number of alkyl halides is 1. The summed E-state index contributed by atoms with van der Waals surface area (Å²) in [5.41, 5.74) is 6.94. The molecule has 2 aliphatic carbocycles. The number of rotatable bonds is 1. The molecule has 9 heteroatoms. The molecule has 4 heterocycles. The van der Waals surface area contributed by atoms with Gasteiger partial charge in [0.05, 0.1) is 16.3 Å². The fourth-order valence-corrected chi connectivity index (χ4v) is 5.87. The fraction of sp³-hybridized carbons (Fsp3) is 0.462. The molecule has 0 aliphatic heterocycles. The largest absolute Gasteiger partial charge is 0.393 e. The van der Waals surface area contributed by atoms with E-state index in [1.807, 2.05) is 25.2 Å². The van der Waals surface area contributed by atoms with Crippen LogP contribution in [0.1, 0.15) is 43.6 Å². The van der Waals surface area contributed by atoms with Crippen molar-refractivity contribution in [3.05, 3.63) is 56.0 Å². The number of methoxy groups -OCH3 is 1. The summed E-state index contributed by atoms with van der Waals surface area (Å²) in [5, 5.41) is 12.0. The predicted molar refractivity (Wildman–Crippen MR) is 158 cm³/mol. The van der Waals surface area contributed by atoms with Gasteiger partial charge in [0.2, 0.25) is 0 Å². The Morgan fingerprint density at radius 2 is 1.46 bits per heavy atom. The number of ether oxygens (including phenoxy) is 1. The van der Waals surface area contributed by atoms with Crippen molar-refractivity contribution in [2.24, 2.45) is 14.1 Å². The summed E-state index contributed by atoms with van der Waals surface area (Å²) in [5.74, 6) is 0. The van der Waals surface area contributed by atoms with Crippen LogP contribution in [-0.2, 0) is 44.5 Å². The normalized spacial score (nSPS) is 22.1. The van der Waals surface area contributed by atoms with Gasteiger partial charge in [-0.05, 0) is 97.8 Å². The molecule has 0 fully saturated rings. The van der Waals surface area contributed by atoms with Gasteiger partial charge < -0.3 is 19.0 Å². The molecule has 188 valence electrons. The smallest absolute Gasteiger partial charge is 0.141 e. The zero-order valence-electron chi connectivity index (χ0n) is 25.5. The van der Waals surface area contributed by atoms with Crippen LogP contribution in [0, 0.1) is 0 Å². The van der Waals surface area contributed by atoms with Crippen molar-refractivity contribution in [1.82, 2.24) is 19.1 Å². The highest BCUT2D eigenvalue weighted by molar-refractivity contribution is 14.1. The number of pyridine rings is 2. The first-order chi connectivity index (χ1) is 19.0. The first-order valence-corrected chi connectivity index (χ1v) is 14.0. The molecule has 0 spiro atoms. The van der Waals surface area contributed by atoms with E-state index in [2.05, 4.69) is 64.1 Å². The first-order valence-electron chi connectivity index (χ1n) is 14.3. The topological polar surface area (TPSA) is 65.1 Å². The van der Waals surface area contributed by atoms with Crippen molar-refractivity contribution in [1.29, 1.82) is 0 Å². The minimum Gasteiger partial charge on any atom is -0.393 e. The number of halogens is 3. The molecule has 0 bridgehead atoms. The maximum absolute atomic E-state index is 9.74. The van der Waals surface area contributed by atoms with Gasteiger partial charge in [-0.3, -0.25) is 0 Å². The van der Waals surface area contributed by atoms with Gasteiger partial charge in [0.15, 0.2) is 0 Å². The van der Waals surface area contributed by atoms with Crippen LogP contribution in [0.5, 0.6) is 0 Å². The van der Waals surface area contributed by atoms with Crippen molar-refractivity contribution in [3.8, 4) is 0 Å². The van der Waals surface area contributed by atoms with Crippen molar-refractivity contribution >= 4 is 76.5 Å². The van der Waals surface area contributed by atoms with Crippen LogP contribution >= 0.6 is 54.5 Å². The van der Waals surface area contributed by atoms with E-state index < -0.39 is 11.9 Å². The van der Waals surface area contributed by atoms with Crippen LogP contribution in [0.25, 0.3) is 22.1 Å². The molecule has 6 rings (SSSR count). The maximum atomic E-state index is 9.74. The number of aliphatic hydroxyl groups excluding tert-OH is 1. The molecule has 35 heavy (non-hydrogen) atoms. The number of fused-ring (bicyclic) bond motifs is 6. The highest BCUT2D eigenvalue weighted by Crippen LogP contribution is 2.33. The summed E-state index contributed by atoms with van der Waals surface area (Å²) < 4.78 is 51.6. The van der Waals surface area contributed by atoms with E-state index in [0.29, 0.717) is 6.42 Å². The number of aliphatic hydroxyl groups is 1. The molecule has 6 nitrogen and oxygen atoms in total. The summed E-state index contributed by atoms with van der Waals surface area (Å²) in [6, 6.07) is 7.99. The van der Waals surface area contributed by atoms with Crippen LogP contribution in [0.4, 0.5) is 0 Å². The van der Waals surface area contributed by atoms with Crippen molar-refractivity contribution in [2.45, 2.75) is 50.7 Å². The molecular formula is C26H31Br2IN4O2. The molecule has 0 radical (unpaired) electrons. The zero-order chi connectivity index (χ0) is 30.3. The van der Waals surface area contributed by atoms with E-state index in [-0.39, 0.29) is 12.2 Å². The zero-order valence-corrected chi connectivity index (χ0v) is 24.8. The lowest BCUT2D eigenvalue weighted by Gasteiger charge is -2.21. The Bertz CT molecular complexity index is 1550. The third-order valence-corrected chi connectivity index (χ3v) is 7.81. The molecule has 1 N–H and O–H groups in total. The van der Waals surface area contributed by atoms with E-state index in [1.165, 1.54) is 50.5 Å². The monoisotopic (exact) mass is 722 g/mol. The van der Waals surface area contributed by atoms with E-state index in [9.17, 15) is 5.11 Å². The number of hydrogen-bond donors (Lipinski definition) is 1. The van der Waals surface area contributed by atoms with E-state index in [0.717, 1.165) is 58.0 Å². The Balaban J connectivity index is 0.000000165. The third kappa shape index (κ3) is 5.35. The second-order valence-corrected chi connectivity index (χ2v) is 10.5. The highest BCUT2D eigenvalue weighted by atomic mass is 127. The van der Waals surface area contributed by atoms with Crippen LogP contribution in [0.15, 0.2) is 33.5 Å². The average Bonchev–Trinajstić information content (AvgIpc) is 3.27. The molecule has 2 unspecified atom stereocenters. The quantitative estimate of drug-likeness (QED) is 0.147. The Morgan fingerprint density at radius 1 is 0.943 bits per heavy atom. The van der Waals surface area contributed by atoms with Crippen LogP contribution in [0.3, 0.4) is 0 Å². The van der Waals surface area contributed by atoms with Crippen LogP contribution < -0.4 is 0 Å². The van der Waals surface area contributed by atoms with Gasteiger partial charge in [-0.25, -0.2) is 9.97 Å².